The Hall–Kier alpha value is -0.590. The lowest BCUT2D eigenvalue weighted by molar-refractivity contribution is -0.167. The van der Waals surface area contributed by atoms with Gasteiger partial charge in [0, 0.05) is 11.8 Å². The quantitative estimate of drug-likeness (QED) is 0.419. The number of carbonyl (C=O) groups excluding carboxylic acids is 1. The molecule has 2 rings (SSSR count). The Morgan fingerprint density at radius 3 is 1.89 bits per heavy atom. The number of ketones is 1. The summed E-state index contributed by atoms with van der Waals surface area (Å²) in [6.45, 7) is 27.8. The van der Waals surface area contributed by atoms with Gasteiger partial charge in [0.1, 0.15) is 5.78 Å². The number of hydrogen-bond acceptors (Lipinski definition) is 1. The Morgan fingerprint density at radius 1 is 1.04 bits per heavy atom. The van der Waals surface area contributed by atoms with E-state index in [1.807, 2.05) is 0 Å². The highest BCUT2D eigenvalue weighted by atomic mass is 16.1. The van der Waals surface area contributed by atoms with Gasteiger partial charge in [-0.2, -0.15) is 0 Å². The Balaban J connectivity index is 2.45. The number of carbonyl (C=O) groups is 1. The van der Waals surface area contributed by atoms with Gasteiger partial charge in [0.05, 0.1) is 0 Å². The summed E-state index contributed by atoms with van der Waals surface area (Å²) in [5, 5.41) is 0. The fraction of sp³-hybridized carbons (Fsp3) is 0.889. The number of hydrogen-bond donors (Lipinski definition) is 0. The van der Waals surface area contributed by atoms with Gasteiger partial charge < -0.3 is 0 Å². The highest BCUT2D eigenvalue weighted by Gasteiger charge is 2.67. The topological polar surface area (TPSA) is 17.1 Å². The second kappa shape index (κ2) is 6.71. The van der Waals surface area contributed by atoms with Crippen molar-refractivity contribution >= 4 is 5.78 Å². The largest absolute Gasteiger partial charge is 0.299 e. The molecule has 2 aliphatic rings. The zero-order valence-electron chi connectivity index (χ0n) is 21.1. The van der Waals surface area contributed by atoms with E-state index in [4.69, 9.17) is 0 Å². The van der Waals surface area contributed by atoms with Gasteiger partial charge in [-0.3, -0.25) is 4.79 Å². The van der Waals surface area contributed by atoms with Crippen LogP contribution in [0.4, 0.5) is 0 Å². The fourth-order valence-electron chi connectivity index (χ4n) is 6.70. The molecular formula is C27H48O. The first-order valence-corrected chi connectivity index (χ1v) is 11.6. The van der Waals surface area contributed by atoms with E-state index in [1.54, 1.807) is 5.57 Å². The minimum Gasteiger partial charge on any atom is -0.299 e. The maximum absolute atomic E-state index is 14.1. The van der Waals surface area contributed by atoms with Crippen LogP contribution in [0.1, 0.15) is 115 Å². The van der Waals surface area contributed by atoms with E-state index in [1.165, 1.54) is 12.8 Å². The van der Waals surface area contributed by atoms with Gasteiger partial charge in [0.25, 0.3) is 0 Å². The van der Waals surface area contributed by atoms with Crippen molar-refractivity contribution in [3.05, 3.63) is 11.6 Å². The molecule has 1 saturated carbocycles. The van der Waals surface area contributed by atoms with Gasteiger partial charge in [-0.25, -0.2) is 0 Å². The fourth-order valence-corrected chi connectivity index (χ4v) is 6.70. The smallest absolute Gasteiger partial charge is 0.139 e. The lowest BCUT2D eigenvalue weighted by Gasteiger charge is -2.66. The standard InChI is InChI=1S/C27H48O/c1-19(2)25(11,27-14-13-20(3)24(27,10)15-16-27)17-21(28)26(12,23(7,8)9)18-22(4,5)6/h13,19H,14-18H2,1-12H3. The van der Waals surface area contributed by atoms with Crippen LogP contribution in [-0.2, 0) is 4.79 Å². The molecule has 0 spiro atoms. The average molecular weight is 389 g/mol. The van der Waals surface area contributed by atoms with E-state index in [9.17, 15) is 4.79 Å². The van der Waals surface area contributed by atoms with Crippen molar-refractivity contribution in [1.29, 1.82) is 0 Å². The highest BCUT2D eigenvalue weighted by molar-refractivity contribution is 5.86. The Morgan fingerprint density at radius 2 is 1.57 bits per heavy atom. The molecule has 2 aliphatic carbocycles. The van der Waals surface area contributed by atoms with Gasteiger partial charge in [-0.15, -0.1) is 0 Å². The number of Topliss-reactive ketones (excluding diaryl/α,β-unsaturated/α-hetero) is 1. The molecular weight excluding hydrogens is 340 g/mol. The maximum atomic E-state index is 14.1. The maximum Gasteiger partial charge on any atom is 0.139 e. The monoisotopic (exact) mass is 388 g/mol. The molecule has 0 aromatic carbocycles. The molecule has 162 valence electrons. The van der Waals surface area contributed by atoms with E-state index in [0.29, 0.717) is 18.1 Å². The summed E-state index contributed by atoms with van der Waals surface area (Å²) in [5.74, 6) is 0.980. The molecule has 1 nitrogen and oxygen atoms in total. The summed E-state index contributed by atoms with van der Waals surface area (Å²) in [4.78, 5) is 14.1. The highest BCUT2D eigenvalue weighted by Crippen LogP contribution is 2.75. The van der Waals surface area contributed by atoms with Crippen LogP contribution in [0, 0.1) is 38.4 Å². The second-order valence-electron chi connectivity index (χ2n) is 13.5. The molecule has 0 radical (unpaired) electrons. The molecule has 0 aromatic heterocycles. The molecule has 1 heteroatoms. The molecule has 0 amide bonds. The van der Waals surface area contributed by atoms with Crippen LogP contribution in [0.25, 0.3) is 0 Å². The van der Waals surface area contributed by atoms with Gasteiger partial charge in [0.2, 0.25) is 0 Å². The Labute approximate surface area is 176 Å². The third kappa shape index (κ3) is 3.24. The number of fused-ring (bicyclic) bond motifs is 1. The van der Waals surface area contributed by atoms with Crippen molar-refractivity contribution in [3.8, 4) is 0 Å². The molecule has 0 aromatic rings. The van der Waals surface area contributed by atoms with Crippen LogP contribution in [0.5, 0.6) is 0 Å². The van der Waals surface area contributed by atoms with Gasteiger partial charge in [-0.05, 0) is 65.6 Å². The molecule has 0 heterocycles. The van der Waals surface area contributed by atoms with E-state index in [0.717, 1.165) is 12.8 Å². The van der Waals surface area contributed by atoms with Crippen molar-refractivity contribution in [3.63, 3.8) is 0 Å². The van der Waals surface area contributed by atoms with E-state index in [2.05, 4.69) is 89.2 Å². The van der Waals surface area contributed by atoms with Gasteiger partial charge in [-0.1, -0.05) is 87.8 Å². The Kier molecular flexibility index (Phi) is 5.68. The zero-order chi connectivity index (χ0) is 22.0. The predicted molar refractivity (Wildman–Crippen MR) is 122 cm³/mol. The van der Waals surface area contributed by atoms with E-state index in [-0.39, 0.29) is 32.5 Å². The van der Waals surface area contributed by atoms with Crippen LogP contribution in [0.3, 0.4) is 0 Å². The number of allylic oxidation sites excluding steroid dienone is 2. The molecule has 0 bridgehead atoms. The van der Waals surface area contributed by atoms with Crippen molar-refractivity contribution in [2.24, 2.45) is 38.4 Å². The van der Waals surface area contributed by atoms with Crippen LogP contribution in [0.15, 0.2) is 11.6 Å². The van der Waals surface area contributed by atoms with Crippen LogP contribution >= 0.6 is 0 Å². The first kappa shape index (κ1) is 23.7. The van der Waals surface area contributed by atoms with Crippen LogP contribution in [-0.4, -0.2) is 5.78 Å². The third-order valence-corrected chi connectivity index (χ3v) is 9.78. The van der Waals surface area contributed by atoms with Crippen molar-refractivity contribution < 1.29 is 4.79 Å². The molecule has 0 aliphatic heterocycles. The van der Waals surface area contributed by atoms with Crippen LogP contribution < -0.4 is 0 Å². The summed E-state index contributed by atoms with van der Waals surface area (Å²) in [7, 11) is 0. The summed E-state index contributed by atoms with van der Waals surface area (Å²) in [5.41, 5.74) is 1.93. The molecule has 4 unspecified atom stereocenters. The van der Waals surface area contributed by atoms with Crippen molar-refractivity contribution in [2.45, 2.75) is 115 Å². The first-order valence-electron chi connectivity index (χ1n) is 11.6. The molecule has 0 N–H and O–H groups in total. The zero-order valence-corrected chi connectivity index (χ0v) is 21.1. The molecule has 28 heavy (non-hydrogen) atoms. The minimum atomic E-state index is -0.306. The van der Waals surface area contributed by atoms with Crippen LogP contribution in [0.2, 0.25) is 0 Å². The third-order valence-electron chi connectivity index (χ3n) is 9.78. The average Bonchev–Trinajstić information content (AvgIpc) is 2.66. The van der Waals surface area contributed by atoms with Gasteiger partial charge in [0.15, 0.2) is 0 Å². The first-order chi connectivity index (χ1) is 12.4. The van der Waals surface area contributed by atoms with E-state index < -0.39 is 0 Å². The summed E-state index contributed by atoms with van der Waals surface area (Å²) in [6, 6.07) is 0. The predicted octanol–water partition coefficient (Wildman–Crippen LogP) is 8.23. The number of rotatable bonds is 6. The molecule has 4 atom stereocenters. The van der Waals surface area contributed by atoms with Gasteiger partial charge >= 0.3 is 0 Å². The molecule has 1 fully saturated rings. The minimum absolute atomic E-state index is 0.0374. The van der Waals surface area contributed by atoms with Crippen molar-refractivity contribution in [2.75, 3.05) is 0 Å². The Bertz CT molecular complexity index is 655. The summed E-state index contributed by atoms with van der Waals surface area (Å²) in [6.07, 6.45) is 7.84. The lowest BCUT2D eigenvalue weighted by Crippen LogP contribution is -2.60. The second-order valence-corrected chi connectivity index (χ2v) is 13.5. The SMILES string of the molecule is CC1=CCC2(C(C)(CC(=O)C(C)(CC(C)(C)C)C(C)(C)C)C(C)C)CCC12C. The van der Waals surface area contributed by atoms with Crippen molar-refractivity contribution in [1.82, 2.24) is 0 Å². The lowest BCUT2D eigenvalue weighted by atomic mass is 9.38. The summed E-state index contributed by atoms with van der Waals surface area (Å²) < 4.78 is 0. The summed E-state index contributed by atoms with van der Waals surface area (Å²) >= 11 is 0. The normalized spacial score (nSPS) is 32.2. The molecule has 0 saturated heterocycles. The van der Waals surface area contributed by atoms with E-state index >= 15 is 0 Å².